The van der Waals surface area contributed by atoms with E-state index in [2.05, 4.69) is 26.7 Å². The zero-order chi connectivity index (χ0) is 5.70. The highest BCUT2D eigenvalue weighted by atomic mass is 79.9. The van der Waals surface area contributed by atoms with Gasteiger partial charge in [0.2, 0.25) is 0 Å². The molecule has 2 N–H and O–H groups in total. The average molecular weight is 168 g/mol. The Morgan fingerprint density at radius 2 is 2.43 bits per heavy atom. The highest BCUT2D eigenvalue weighted by molar-refractivity contribution is 9.09. The van der Waals surface area contributed by atoms with Gasteiger partial charge in [-0.05, 0) is 0 Å². The first-order valence-corrected chi connectivity index (χ1v) is 2.89. The molecule has 0 amide bonds. The monoisotopic (exact) mass is 167 g/mol. The van der Waals surface area contributed by atoms with Crippen molar-refractivity contribution < 1.29 is 9.63 Å². The predicted octanol–water partition coefficient (Wildman–Crippen LogP) is 0.188. The maximum absolute atomic E-state index is 10.0. The summed E-state index contributed by atoms with van der Waals surface area (Å²) in [5, 5.41) is 0.600. The molecule has 0 aliphatic heterocycles. The number of hydrogen-bond donors (Lipinski definition) is 1. The van der Waals surface area contributed by atoms with E-state index >= 15 is 0 Å². The van der Waals surface area contributed by atoms with Crippen LogP contribution in [0.3, 0.4) is 0 Å². The smallest absolute Gasteiger partial charge is 0.325 e. The lowest BCUT2D eigenvalue weighted by Gasteiger charge is -1.89. The van der Waals surface area contributed by atoms with Crippen LogP contribution in [0.25, 0.3) is 0 Å². The van der Waals surface area contributed by atoms with E-state index in [1.165, 1.54) is 0 Å². The third-order valence-corrected chi connectivity index (χ3v) is 0.827. The van der Waals surface area contributed by atoms with Gasteiger partial charge < -0.3 is 4.84 Å². The normalized spacial score (nSPS) is 8.29. The Hall–Kier alpha value is -0.0900. The second-order valence-electron chi connectivity index (χ2n) is 0.929. The van der Waals surface area contributed by atoms with Gasteiger partial charge in [-0.1, -0.05) is 15.9 Å². The van der Waals surface area contributed by atoms with Crippen LogP contribution in [0, 0.1) is 0 Å². The molecule has 0 aromatic rings. The van der Waals surface area contributed by atoms with Crippen LogP contribution >= 0.6 is 15.9 Å². The number of halogens is 1. The molecule has 0 aliphatic carbocycles. The molecule has 0 aromatic heterocycles. The van der Waals surface area contributed by atoms with Crippen LogP contribution < -0.4 is 5.90 Å². The summed E-state index contributed by atoms with van der Waals surface area (Å²) in [7, 11) is 0. The fraction of sp³-hybridized carbons (Fsp3) is 0.667. The Kier molecular flexibility index (Phi) is 4.03. The van der Waals surface area contributed by atoms with Gasteiger partial charge in [0.15, 0.2) is 0 Å². The molecule has 0 aliphatic rings. The molecular formula is C3H6BrNO2. The average Bonchev–Trinajstić information content (AvgIpc) is 1.68. The second-order valence-corrected chi connectivity index (χ2v) is 1.72. The van der Waals surface area contributed by atoms with Gasteiger partial charge in [0.1, 0.15) is 0 Å². The molecule has 0 radical (unpaired) electrons. The lowest BCUT2D eigenvalue weighted by Crippen LogP contribution is -2.09. The van der Waals surface area contributed by atoms with E-state index in [0.29, 0.717) is 11.8 Å². The lowest BCUT2D eigenvalue weighted by molar-refractivity contribution is -0.143. The van der Waals surface area contributed by atoms with Crippen molar-refractivity contribution in [3.8, 4) is 0 Å². The van der Waals surface area contributed by atoms with Gasteiger partial charge in [-0.15, -0.1) is 0 Å². The Morgan fingerprint density at radius 3 is 2.57 bits per heavy atom. The largest absolute Gasteiger partial charge is 0.373 e. The Bertz CT molecular complexity index is 66.0. The van der Waals surface area contributed by atoms with Crippen molar-refractivity contribution in [3.63, 3.8) is 0 Å². The third-order valence-electron chi connectivity index (χ3n) is 0.430. The molecule has 0 atom stereocenters. The molecule has 0 heterocycles. The van der Waals surface area contributed by atoms with E-state index in [4.69, 9.17) is 0 Å². The molecule has 0 spiro atoms. The molecule has 0 unspecified atom stereocenters. The van der Waals surface area contributed by atoms with E-state index in [1.807, 2.05) is 0 Å². The highest BCUT2D eigenvalue weighted by Crippen LogP contribution is 1.86. The minimum atomic E-state index is -0.392. The van der Waals surface area contributed by atoms with Crippen LogP contribution in [0.4, 0.5) is 0 Å². The summed E-state index contributed by atoms with van der Waals surface area (Å²) in [4.78, 5) is 13.9. The molecule has 3 nitrogen and oxygen atoms in total. The lowest BCUT2D eigenvalue weighted by atomic mass is 10.5. The van der Waals surface area contributed by atoms with Gasteiger partial charge in [0.05, 0.1) is 6.42 Å². The fourth-order valence-corrected chi connectivity index (χ4v) is 0.460. The summed E-state index contributed by atoms with van der Waals surface area (Å²) in [5.41, 5.74) is 0. The molecule has 0 fully saturated rings. The maximum atomic E-state index is 10.0. The van der Waals surface area contributed by atoms with E-state index < -0.39 is 5.97 Å². The van der Waals surface area contributed by atoms with Crippen LogP contribution in [-0.4, -0.2) is 11.3 Å². The van der Waals surface area contributed by atoms with Crippen LogP contribution in [0.2, 0.25) is 0 Å². The number of hydrogen-bond acceptors (Lipinski definition) is 3. The van der Waals surface area contributed by atoms with Gasteiger partial charge >= 0.3 is 5.97 Å². The molecular weight excluding hydrogens is 162 g/mol. The standard InChI is InChI=1S/C3H6BrNO2/c4-2-1-3(6)7-5/h1-2,5H2. The zero-order valence-electron chi connectivity index (χ0n) is 3.69. The minimum absolute atomic E-state index is 0.330. The van der Waals surface area contributed by atoms with E-state index in [-0.39, 0.29) is 0 Å². The van der Waals surface area contributed by atoms with Crippen molar-refractivity contribution >= 4 is 21.9 Å². The van der Waals surface area contributed by atoms with Crippen LogP contribution in [0.1, 0.15) is 6.42 Å². The predicted molar refractivity (Wildman–Crippen MR) is 28.7 cm³/mol. The van der Waals surface area contributed by atoms with Gasteiger partial charge in [0, 0.05) is 5.33 Å². The highest BCUT2D eigenvalue weighted by Gasteiger charge is 1.94. The van der Waals surface area contributed by atoms with Crippen molar-refractivity contribution in [2.75, 3.05) is 5.33 Å². The summed E-state index contributed by atoms with van der Waals surface area (Å²) < 4.78 is 0. The summed E-state index contributed by atoms with van der Waals surface area (Å²) in [6.07, 6.45) is 0.330. The van der Waals surface area contributed by atoms with E-state index in [1.54, 1.807) is 0 Å². The van der Waals surface area contributed by atoms with E-state index in [0.717, 1.165) is 0 Å². The molecule has 0 aromatic carbocycles. The number of alkyl halides is 1. The number of carbonyl (C=O) groups excluding carboxylic acids is 1. The molecule has 0 rings (SSSR count). The molecule has 0 bridgehead atoms. The van der Waals surface area contributed by atoms with Gasteiger partial charge in [-0.25, -0.2) is 0 Å². The first kappa shape index (κ1) is 6.91. The van der Waals surface area contributed by atoms with Crippen LogP contribution in [-0.2, 0) is 9.63 Å². The topological polar surface area (TPSA) is 52.3 Å². The van der Waals surface area contributed by atoms with Crippen molar-refractivity contribution in [2.24, 2.45) is 5.90 Å². The molecule has 4 heteroatoms. The summed E-state index contributed by atoms with van der Waals surface area (Å²) >= 11 is 3.03. The molecule has 0 saturated carbocycles. The van der Waals surface area contributed by atoms with Crippen LogP contribution in [0.5, 0.6) is 0 Å². The number of rotatable bonds is 2. The van der Waals surface area contributed by atoms with E-state index in [9.17, 15) is 4.79 Å². The SMILES string of the molecule is NOC(=O)CCBr. The second kappa shape index (κ2) is 4.08. The van der Waals surface area contributed by atoms with Crippen molar-refractivity contribution in [1.82, 2.24) is 0 Å². The molecule has 42 valence electrons. The number of nitrogens with two attached hydrogens (primary N) is 1. The van der Waals surface area contributed by atoms with Gasteiger partial charge in [0.25, 0.3) is 0 Å². The summed E-state index contributed by atoms with van der Waals surface area (Å²) in [5.74, 6) is 4.10. The Balaban J connectivity index is 3.00. The minimum Gasteiger partial charge on any atom is -0.373 e. The first-order valence-electron chi connectivity index (χ1n) is 1.76. The van der Waals surface area contributed by atoms with Gasteiger partial charge in [-0.2, -0.15) is 5.90 Å². The van der Waals surface area contributed by atoms with Crippen molar-refractivity contribution in [2.45, 2.75) is 6.42 Å². The van der Waals surface area contributed by atoms with Crippen molar-refractivity contribution in [3.05, 3.63) is 0 Å². The number of carbonyl (C=O) groups is 1. The Labute approximate surface area is 49.9 Å². The fourth-order valence-electron chi connectivity index (χ4n) is 0.136. The van der Waals surface area contributed by atoms with Gasteiger partial charge in [-0.3, -0.25) is 4.79 Å². The summed E-state index contributed by atoms with van der Waals surface area (Å²) in [6, 6.07) is 0. The Morgan fingerprint density at radius 1 is 1.86 bits per heavy atom. The molecule has 0 saturated heterocycles. The first-order chi connectivity index (χ1) is 3.31. The zero-order valence-corrected chi connectivity index (χ0v) is 5.27. The maximum Gasteiger partial charge on any atom is 0.325 e. The summed E-state index contributed by atoms with van der Waals surface area (Å²) in [6.45, 7) is 0. The molecule has 7 heavy (non-hydrogen) atoms. The van der Waals surface area contributed by atoms with Crippen LogP contribution in [0.15, 0.2) is 0 Å². The quantitative estimate of drug-likeness (QED) is 0.472. The third kappa shape index (κ3) is 3.75. The van der Waals surface area contributed by atoms with Crippen molar-refractivity contribution in [1.29, 1.82) is 0 Å².